The lowest BCUT2D eigenvalue weighted by atomic mass is 10.3. The smallest absolute Gasteiger partial charge is 0.268 e. The first-order chi connectivity index (χ1) is 9.03. The number of anilines is 1. The topological polar surface area (TPSA) is 81.1 Å². The Bertz CT molecular complexity index is 612. The maximum Gasteiger partial charge on any atom is 0.268 e. The minimum atomic E-state index is -3.26. The third-order valence-corrected chi connectivity index (χ3v) is 5.42. The van der Waals surface area contributed by atoms with Crippen LogP contribution >= 0.6 is 0 Å². The summed E-state index contributed by atoms with van der Waals surface area (Å²) in [6, 6.07) is 1.63. The van der Waals surface area contributed by atoms with Crippen LogP contribution in [0.3, 0.4) is 0 Å². The molecule has 1 heterocycles. The Labute approximate surface area is 120 Å². The molecule has 1 N–H and O–H groups in total. The van der Waals surface area contributed by atoms with Crippen LogP contribution in [-0.2, 0) is 16.4 Å². The van der Waals surface area contributed by atoms with E-state index < -0.39 is 14.6 Å². The highest BCUT2D eigenvalue weighted by Crippen LogP contribution is 2.15. The van der Waals surface area contributed by atoms with Crippen LogP contribution in [0.2, 0.25) is 0 Å². The predicted octanol–water partition coefficient (Wildman–Crippen LogP) is 1.28. The van der Waals surface area contributed by atoms with E-state index in [1.807, 2.05) is 13.8 Å². The molecule has 0 bridgehead atoms. The van der Waals surface area contributed by atoms with Crippen molar-refractivity contribution in [1.29, 1.82) is 0 Å². The van der Waals surface area contributed by atoms with Gasteiger partial charge in [0.15, 0.2) is 9.84 Å². The number of aryl methyl sites for hydroxylation is 1. The number of nitrogens with zero attached hydrogens (tertiary/aromatic N) is 2. The van der Waals surface area contributed by atoms with E-state index >= 15 is 0 Å². The monoisotopic (exact) mass is 301 g/mol. The van der Waals surface area contributed by atoms with Gasteiger partial charge < -0.3 is 5.32 Å². The lowest BCUT2D eigenvalue weighted by Crippen LogP contribution is -2.34. The number of nitrogens with one attached hydrogen (secondary N) is 1. The van der Waals surface area contributed by atoms with Crippen LogP contribution < -0.4 is 10.9 Å². The molecule has 0 radical (unpaired) electrons. The van der Waals surface area contributed by atoms with Crippen molar-refractivity contribution in [2.24, 2.45) is 0 Å². The highest BCUT2D eigenvalue weighted by molar-refractivity contribution is 7.92. The lowest BCUT2D eigenvalue weighted by Gasteiger charge is -2.19. The first kappa shape index (κ1) is 16.7. The SMILES string of the molecule is CC(C)Nc1cnn(CCS(=O)(=O)C(C)(C)C)c(=O)c1. The Morgan fingerprint density at radius 3 is 2.40 bits per heavy atom. The number of rotatable bonds is 5. The zero-order valence-corrected chi connectivity index (χ0v) is 13.5. The normalized spacial score (nSPS) is 12.7. The van der Waals surface area contributed by atoms with Crippen molar-refractivity contribution in [2.45, 2.75) is 52.0 Å². The van der Waals surface area contributed by atoms with Crippen molar-refractivity contribution in [3.8, 4) is 0 Å². The zero-order chi connectivity index (χ0) is 15.6. The van der Waals surface area contributed by atoms with Crippen molar-refractivity contribution < 1.29 is 8.42 Å². The molecule has 20 heavy (non-hydrogen) atoms. The average Bonchev–Trinajstić information content (AvgIpc) is 2.25. The summed E-state index contributed by atoms with van der Waals surface area (Å²) in [6.07, 6.45) is 1.53. The third kappa shape index (κ3) is 4.33. The molecule has 0 aliphatic carbocycles. The van der Waals surface area contributed by atoms with Crippen LogP contribution in [0.1, 0.15) is 34.6 Å². The van der Waals surface area contributed by atoms with Gasteiger partial charge in [-0.3, -0.25) is 4.79 Å². The van der Waals surface area contributed by atoms with E-state index in [2.05, 4.69) is 10.4 Å². The maximum absolute atomic E-state index is 12.0. The van der Waals surface area contributed by atoms with E-state index in [1.165, 1.54) is 16.9 Å². The molecule has 0 aliphatic rings. The second-order valence-electron chi connectivity index (χ2n) is 6.04. The summed E-state index contributed by atoms with van der Waals surface area (Å²) >= 11 is 0. The molecule has 0 aliphatic heterocycles. The number of sulfone groups is 1. The van der Waals surface area contributed by atoms with Gasteiger partial charge in [0, 0.05) is 12.1 Å². The minimum absolute atomic E-state index is 0.0698. The zero-order valence-electron chi connectivity index (χ0n) is 12.7. The van der Waals surface area contributed by atoms with Crippen LogP contribution in [0.15, 0.2) is 17.1 Å². The van der Waals surface area contributed by atoms with Gasteiger partial charge in [0.1, 0.15) is 0 Å². The van der Waals surface area contributed by atoms with Gasteiger partial charge >= 0.3 is 0 Å². The average molecular weight is 301 g/mol. The predicted molar refractivity (Wildman–Crippen MR) is 80.8 cm³/mol. The van der Waals surface area contributed by atoms with E-state index in [-0.39, 0.29) is 23.9 Å². The molecule has 1 rings (SSSR count). The maximum atomic E-state index is 12.0. The molecule has 1 aromatic heterocycles. The van der Waals surface area contributed by atoms with E-state index in [4.69, 9.17) is 0 Å². The van der Waals surface area contributed by atoms with Gasteiger partial charge in [0.25, 0.3) is 5.56 Å². The summed E-state index contributed by atoms with van der Waals surface area (Å²) in [4.78, 5) is 11.9. The summed E-state index contributed by atoms with van der Waals surface area (Å²) in [5.41, 5.74) is 0.333. The second kappa shape index (κ2) is 5.95. The highest BCUT2D eigenvalue weighted by atomic mass is 32.2. The fourth-order valence-electron chi connectivity index (χ4n) is 1.53. The lowest BCUT2D eigenvalue weighted by molar-refractivity contribution is 0.543. The second-order valence-corrected chi connectivity index (χ2v) is 8.90. The van der Waals surface area contributed by atoms with Gasteiger partial charge in [0.05, 0.1) is 28.9 Å². The van der Waals surface area contributed by atoms with Crippen LogP contribution in [-0.4, -0.2) is 34.7 Å². The fourth-order valence-corrected chi connectivity index (χ4v) is 2.55. The molecule has 0 amide bonds. The standard InChI is InChI=1S/C13H23N3O3S/c1-10(2)15-11-8-12(17)16(14-9-11)6-7-20(18,19)13(3,4)5/h8-10,15H,6-7H2,1-5H3. The Balaban J connectivity index is 2.83. The van der Waals surface area contributed by atoms with E-state index in [1.54, 1.807) is 20.8 Å². The third-order valence-electron chi connectivity index (χ3n) is 2.83. The van der Waals surface area contributed by atoms with Crippen LogP contribution in [0.25, 0.3) is 0 Å². The molecule has 7 heteroatoms. The summed E-state index contributed by atoms with van der Waals surface area (Å²) in [5, 5.41) is 7.07. The number of aromatic nitrogens is 2. The Kier molecular flexibility index (Phi) is 4.96. The molecule has 0 saturated carbocycles. The van der Waals surface area contributed by atoms with Crippen molar-refractivity contribution >= 4 is 15.5 Å². The molecule has 1 aromatic rings. The summed E-state index contributed by atoms with van der Waals surface area (Å²) in [5.74, 6) is -0.0969. The van der Waals surface area contributed by atoms with Crippen molar-refractivity contribution in [3.63, 3.8) is 0 Å². The molecule has 0 saturated heterocycles. The van der Waals surface area contributed by atoms with Crippen molar-refractivity contribution in [3.05, 3.63) is 22.6 Å². The van der Waals surface area contributed by atoms with Crippen LogP contribution in [0.5, 0.6) is 0 Å². The Hall–Kier alpha value is -1.37. The molecule has 0 aromatic carbocycles. The van der Waals surface area contributed by atoms with Gasteiger partial charge in [-0.25, -0.2) is 13.1 Å². The summed E-state index contributed by atoms with van der Waals surface area (Å²) < 4.78 is 24.3. The van der Waals surface area contributed by atoms with Crippen LogP contribution in [0.4, 0.5) is 5.69 Å². The molecule has 0 fully saturated rings. The minimum Gasteiger partial charge on any atom is -0.381 e. The summed E-state index contributed by atoms with van der Waals surface area (Å²) in [6.45, 7) is 8.93. The molecule has 0 unspecified atom stereocenters. The van der Waals surface area contributed by atoms with E-state index in [9.17, 15) is 13.2 Å². The largest absolute Gasteiger partial charge is 0.381 e. The Morgan fingerprint density at radius 1 is 1.35 bits per heavy atom. The van der Waals surface area contributed by atoms with Gasteiger partial charge in [-0.2, -0.15) is 5.10 Å². The first-order valence-electron chi connectivity index (χ1n) is 6.59. The quantitative estimate of drug-likeness (QED) is 0.886. The molecule has 6 nitrogen and oxygen atoms in total. The van der Waals surface area contributed by atoms with Crippen molar-refractivity contribution in [2.75, 3.05) is 11.1 Å². The molecular weight excluding hydrogens is 278 g/mol. The van der Waals surface area contributed by atoms with Crippen molar-refractivity contribution in [1.82, 2.24) is 9.78 Å². The number of hydrogen-bond acceptors (Lipinski definition) is 5. The van der Waals surface area contributed by atoms with E-state index in [0.29, 0.717) is 5.69 Å². The Morgan fingerprint density at radius 2 is 1.95 bits per heavy atom. The van der Waals surface area contributed by atoms with Gasteiger partial charge in [-0.1, -0.05) is 0 Å². The molecule has 0 spiro atoms. The first-order valence-corrected chi connectivity index (χ1v) is 8.24. The van der Waals surface area contributed by atoms with Gasteiger partial charge in [0.2, 0.25) is 0 Å². The highest BCUT2D eigenvalue weighted by Gasteiger charge is 2.28. The van der Waals surface area contributed by atoms with Crippen LogP contribution in [0, 0.1) is 0 Å². The number of hydrogen-bond donors (Lipinski definition) is 1. The van der Waals surface area contributed by atoms with Gasteiger partial charge in [-0.05, 0) is 34.6 Å². The van der Waals surface area contributed by atoms with Gasteiger partial charge in [-0.15, -0.1) is 0 Å². The molecule has 114 valence electrons. The molecular formula is C13H23N3O3S. The van der Waals surface area contributed by atoms with E-state index in [0.717, 1.165) is 0 Å². The fraction of sp³-hybridized carbons (Fsp3) is 0.692. The molecule has 0 atom stereocenters. The summed E-state index contributed by atoms with van der Waals surface area (Å²) in [7, 11) is -3.26.